The zero-order valence-electron chi connectivity index (χ0n) is 13.1. The first kappa shape index (κ1) is 18.9. The summed E-state index contributed by atoms with van der Waals surface area (Å²) in [7, 11) is 1.79. The molecule has 0 aliphatic heterocycles. The predicted octanol–water partition coefficient (Wildman–Crippen LogP) is 4.13. The van der Waals surface area contributed by atoms with Crippen molar-refractivity contribution in [2.24, 2.45) is 0 Å². The number of para-hydroxylation sites is 1. The van der Waals surface area contributed by atoms with E-state index in [1.165, 1.54) is 12.1 Å². The Labute approximate surface area is 155 Å². The minimum absolute atomic E-state index is 0. The highest BCUT2D eigenvalue weighted by molar-refractivity contribution is 9.10. The molecule has 2 atom stereocenters. The van der Waals surface area contributed by atoms with Crippen LogP contribution in [0.2, 0.25) is 0 Å². The van der Waals surface area contributed by atoms with E-state index in [2.05, 4.69) is 21.2 Å². The van der Waals surface area contributed by atoms with Gasteiger partial charge in [0.2, 0.25) is 0 Å². The van der Waals surface area contributed by atoms with Crippen LogP contribution in [0.1, 0.15) is 11.6 Å². The molecule has 0 saturated heterocycles. The van der Waals surface area contributed by atoms with Gasteiger partial charge >= 0.3 is 0 Å². The van der Waals surface area contributed by atoms with Crippen LogP contribution in [-0.2, 0) is 0 Å². The molecule has 0 amide bonds. The maximum absolute atomic E-state index is 13.7. The fraction of sp³-hybridized carbons (Fsp3) is 0.222. The summed E-state index contributed by atoms with van der Waals surface area (Å²) >= 11 is 3.58. The van der Waals surface area contributed by atoms with Gasteiger partial charge in [0.1, 0.15) is 5.82 Å². The van der Waals surface area contributed by atoms with E-state index in [1.54, 1.807) is 13.1 Å². The van der Waals surface area contributed by atoms with Crippen molar-refractivity contribution in [3.05, 3.63) is 70.6 Å². The molecular weight excluding hydrogens is 395 g/mol. The van der Waals surface area contributed by atoms with Crippen LogP contribution >= 0.6 is 28.3 Å². The molecule has 3 rings (SSSR count). The third-order valence-corrected chi connectivity index (χ3v) is 4.60. The molecule has 1 heterocycles. The summed E-state index contributed by atoms with van der Waals surface area (Å²) in [5, 5.41) is 14.7. The van der Waals surface area contributed by atoms with Gasteiger partial charge in [-0.1, -0.05) is 24.3 Å². The van der Waals surface area contributed by atoms with E-state index in [0.29, 0.717) is 6.54 Å². The Bertz CT molecular complexity index is 824. The normalized spacial score (nSPS) is 13.5. The topological polar surface area (TPSA) is 37.2 Å². The Morgan fingerprint density at radius 3 is 2.67 bits per heavy atom. The van der Waals surface area contributed by atoms with Crippen LogP contribution in [0.15, 0.2) is 59.2 Å². The molecule has 3 aromatic rings. The third-order valence-electron chi connectivity index (χ3n) is 3.96. The smallest absolute Gasteiger partial charge is 0.123 e. The lowest BCUT2D eigenvalue weighted by atomic mass is 10.0. The molecule has 3 nitrogen and oxygen atoms in total. The Hall–Kier alpha value is -1.40. The largest absolute Gasteiger partial charge is 0.389 e. The number of aliphatic hydroxyl groups is 1. The van der Waals surface area contributed by atoms with Gasteiger partial charge in [-0.05, 0) is 52.8 Å². The van der Waals surface area contributed by atoms with E-state index in [1.807, 2.05) is 41.1 Å². The minimum atomic E-state index is -0.690. The number of fused-ring (bicyclic) bond motifs is 1. The Balaban J connectivity index is 0.00000208. The molecule has 0 aliphatic carbocycles. The maximum atomic E-state index is 13.7. The van der Waals surface area contributed by atoms with E-state index in [0.717, 1.165) is 20.9 Å². The van der Waals surface area contributed by atoms with Crippen LogP contribution < -0.4 is 5.32 Å². The van der Waals surface area contributed by atoms with Crippen molar-refractivity contribution in [3.8, 4) is 0 Å². The minimum Gasteiger partial charge on any atom is -0.389 e. The summed E-state index contributed by atoms with van der Waals surface area (Å²) in [6, 6.07) is 14.0. The van der Waals surface area contributed by atoms with Crippen LogP contribution in [0, 0.1) is 5.82 Å². The molecule has 0 unspecified atom stereocenters. The SMILES string of the molecule is CNC[C@@H](O)[C@H](c1cccc(F)c1)n1ccc2cccc(Br)c21.Cl. The lowest BCUT2D eigenvalue weighted by Gasteiger charge is -2.26. The van der Waals surface area contributed by atoms with Gasteiger partial charge in [-0.25, -0.2) is 4.39 Å². The molecule has 2 N–H and O–H groups in total. The number of nitrogens with one attached hydrogen (secondary N) is 1. The molecule has 0 spiro atoms. The van der Waals surface area contributed by atoms with Gasteiger partial charge < -0.3 is 15.0 Å². The number of rotatable bonds is 5. The van der Waals surface area contributed by atoms with E-state index < -0.39 is 6.10 Å². The molecule has 0 radical (unpaired) electrons. The number of aromatic nitrogens is 1. The van der Waals surface area contributed by atoms with Gasteiger partial charge in [0.15, 0.2) is 0 Å². The summed E-state index contributed by atoms with van der Waals surface area (Å²) in [4.78, 5) is 0. The number of hydrogen-bond acceptors (Lipinski definition) is 2. The second-order valence-corrected chi connectivity index (χ2v) is 6.38. The van der Waals surface area contributed by atoms with Crippen LogP contribution in [0.4, 0.5) is 4.39 Å². The Morgan fingerprint density at radius 1 is 1.21 bits per heavy atom. The van der Waals surface area contributed by atoms with E-state index in [4.69, 9.17) is 0 Å². The number of hydrogen-bond donors (Lipinski definition) is 2. The number of nitrogens with zero attached hydrogens (tertiary/aromatic N) is 1. The first-order valence-corrected chi connectivity index (χ1v) is 8.24. The summed E-state index contributed by atoms with van der Waals surface area (Å²) < 4.78 is 16.6. The molecule has 0 saturated carbocycles. The van der Waals surface area contributed by atoms with Crippen molar-refractivity contribution in [2.45, 2.75) is 12.1 Å². The lowest BCUT2D eigenvalue weighted by Crippen LogP contribution is -2.33. The number of halogens is 3. The Morgan fingerprint density at radius 2 is 1.96 bits per heavy atom. The molecule has 2 aromatic carbocycles. The zero-order valence-corrected chi connectivity index (χ0v) is 15.5. The molecule has 6 heteroatoms. The number of aliphatic hydroxyl groups excluding tert-OH is 1. The third kappa shape index (κ3) is 3.64. The van der Waals surface area contributed by atoms with Gasteiger partial charge in [-0.15, -0.1) is 12.4 Å². The zero-order chi connectivity index (χ0) is 16.4. The molecule has 24 heavy (non-hydrogen) atoms. The number of benzene rings is 2. The summed E-state index contributed by atoms with van der Waals surface area (Å²) in [6.45, 7) is 0.408. The van der Waals surface area contributed by atoms with Gasteiger partial charge in [-0.2, -0.15) is 0 Å². The molecular formula is C18H19BrClFN2O. The van der Waals surface area contributed by atoms with Gasteiger partial charge in [0.25, 0.3) is 0 Å². The van der Waals surface area contributed by atoms with Gasteiger partial charge in [0.05, 0.1) is 17.7 Å². The van der Waals surface area contributed by atoms with Crippen LogP contribution in [0.5, 0.6) is 0 Å². The number of likely N-dealkylation sites (N-methyl/N-ethyl adjacent to an activating group) is 1. The molecule has 1 aromatic heterocycles. The highest BCUT2D eigenvalue weighted by Crippen LogP contribution is 2.32. The summed E-state index contributed by atoms with van der Waals surface area (Å²) in [6.07, 6.45) is 1.24. The summed E-state index contributed by atoms with van der Waals surface area (Å²) in [5.41, 5.74) is 1.72. The van der Waals surface area contributed by atoms with Gasteiger partial charge in [0, 0.05) is 22.6 Å². The summed E-state index contributed by atoms with van der Waals surface area (Å²) in [5.74, 6) is -0.306. The lowest BCUT2D eigenvalue weighted by molar-refractivity contribution is 0.132. The highest BCUT2D eigenvalue weighted by Gasteiger charge is 2.24. The molecule has 128 valence electrons. The van der Waals surface area contributed by atoms with Crippen molar-refractivity contribution in [2.75, 3.05) is 13.6 Å². The van der Waals surface area contributed by atoms with Crippen molar-refractivity contribution < 1.29 is 9.50 Å². The van der Waals surface area contributed by atoms with Crippen LogP contribution in [0.25, 0.3) is 10.9 Å². The predicted molar refractivity (Wildman–Crippen MR) is 101 cm³/mol. The van der Waals surface area contributed by atoms with Crippen molar-refractivity contribution in [3.63, 3.8) is 0 Å². The fourth-order valence-corrected chi connectivity index (χ4v) is 3.57. The molecule has 0 fully saturated rings. The highest BCUT2D eigenvalue weighted by atomic mass is 79.9. The standard InChI is InChI=1S/C18H18BrFN2O.ClH/c1-21-11-16(23)18(13-5-2-6-14(20)10-13)22-9-8-12-4-3-7-15(19)17(12)22;/h2-10,16,18,21,23H,11H2,1H3;1H/t16-,18+;/m1./s1. The second-order valence-electron chi connectivity index (χ2n) is 5.53. The van der Waals surface area contributed by atoms with Crippen molar-refractivity contribution in [1.29, 1.82) is 0 Å². The van der Waals surface area contributed by atoms with E-state index in [-0.39, 0.29) is 24.3 Å². The van der Waals surface area contributed by atoms with Crippen LogP contribution in [0.3, 0.4) is 0 Å². The average molecular weight is 414 g/mol. The first-order chi connectivity index (χ1) is 11.1. The monoisotopic (exact) mass is 412 g/mol. The van der Waals surface area contributed by atoms with Gasteiger partial charge in [-0.3, -0.25) is 0 Å². The quantitative estimate of drug-likeness (QED) is 0.660. The maximum Gasteiger partial charge on any atom is 0.123 e. The Kier molecular flexibility index (Phi) is 6.40. The van der Waals surface area contributed by atoms with E-state index >= 15 is 0 Å². The molecule has 0 aliphatic rings. The fourth-order valence-electron chi connectivity index (χ4n) is 2.99. The molecule has 0 bridgehead atoms. The average Bonchev–Trinajstić information content (AvgIpc) is 2.93. The van der Waals surface area contributed by atoms with Crippen molar-refractivity contribution in [1.82, 2.24) is 9.88 Å². The van der Waals surface area contributed by atoms with E-state index in [9.17, 15) is 9.50 Å². The van der Waals surface area contributed by atoms with Crippen LogP contribution in [-0.4, -0.2) is 29.4 Å². The van der Waals surface area contributed by atoms with Crippen molar-refractivity contribution >= 4 is 39.2 Å². The second kappa shape index (κ2) is 8.12. The first-order valence-electron chi connectivity index (χ1n) is 7.45.